The second-order valence-corrected chi connectivity index (χ2v) is 10.9. The van der Waals surface area contributed by atoms with Crippen LogP contribution in [0.5, 0.6) is 0 Å². The van der Waals surface area contributed by atoms with Crippen LogP contribution in [0.2, 0.25) is 5.02 Å². The molecule has 0 radical (unpaired) electrons. The number of halogens is 1. The van der Waals surface area contributed by atoms with Gasteiger partial charge in [0.15, 0.2) is 5.11 Å². The maximum absolute atomic E-state index is 13.2. The molecule has 3 aromatic carbocycles. The van der Waals surface area contributed by atoms with Gasteiger partial charge in [-0.2, -0.15) is 0 Å². The van der Waals surface area contributed by atoms with Gasteiger partial charge >= 0.3 is 0 Å². The van der Waals surface area contributed by atoms with E-state index in [0.717, 1.165) is 11.1 Å². The van der Waals surface area contributed by atoms with Gasteiger partial charge in [0.2, 0.25) is 0 Å². The van der Waals surface area contributed by atoms with Crippen molar-refractivity contribution < 1.29 is 14.4 Å². The van der Waals surface area contributed by atoms with Crippen molar-refractivity contribution >= 4 is 92.8 Å². The molecule has 188 valence electrons. The number of nitrogens with zero attached hydrogens (tertiary/aromatic N) is 2. The van der Waals surface area contributed by atoms with Crippen LogP contribution in [0.15, 0.2) is 89.3 Å². The minimum absolute atomic E-state index is 0.000557. The maximum atomic E-state index is 13.2. The van der Waals surface area contributed by atoms with Crippen LogP contribution in [-0.2, 0) is 20.9 Å². The van der Waals surface area contributed by atoms with E-state index in [4.69, 9.17) is 36.0 Å². The summed E-state index contributed by atoms with van der Waals surface area (Å²) in [6, 6.07) is 23.4. The van der Waals surface area contributed by atoms with Crippen LogP contribution in [0.4, 0.5) is 5.69 Å². The van der Waals surface area contributed by atoms with Crippen molar-refractivity contribution in [3.8, 4) is 0 Å². The molecule has 2 heterocycles. The highest BCUT2D eigenvalue weighted by Crippen LogP contribution is 2.33. The molecule has 6 nitrogen and oxygen atoms in total. The number of carbonyl (C=O) groups excluding carboxylic acids is 3. The number of thioether (sulfide) groups is 1. The summed E-state index contributed by atoms with van der Waals surface area (Å²) in [5.74, 6) is -1.25. The fourth-order valence-corrected chi connectivity index (χ4v) is 5.55. The molecule has 0 atom stereocenters. The number of thiocarbonyl (C=S) groups is 2. The first-order valence-electron chi connectivity index (χ1n) is 11.4. The van der Waals surface area contributed by atoms with Gasteiger partial charge < -0.3 is 0 Å². The van der Waals surface area contributed by atoms with Crippen LogP contribution >= 0.6 is 47.8 Å². The van der Waals surface area contributed by atoms with Gasteiger partial charge in [-0.05, 0) is 65.3 Å². The molecule has 2 saturated heterocycles. The summed E-state index contributed by atoms with van der Waals surface area (Å²) in [5, 5.41) is 3.08. The summed E-state index contributed by atoms with van der Waals surface area (Å²) >= 11 is 17.9. The molecule has 5 rings (SSSR count). The molecule has 2 fully saturated rings. The number of carbonyl (C=O) groups is 3. The van der Waals surface area contributed by atoms with Gasteiger partial charge in [-0.1, -0.05) is 90.2 Å². The van der Waals surface area contributed by atoms with Gasteiger partial charge in [-0.3, -0.25) is 29.5 Å². The fraction of sp³-hybridized carbons (Fsp3) is 0.0357. The van der Waals surface area contributed by atoms with Gasteiger partial charge in [0.1, 0.15) is 9.89 Å². The summed E-state index contributed by atoms with van der Waals surface area (Å²) in [7, 11) is 0. The minimum atomic E-state index is -0.573. The van der Waals surface area contributed by atoms with Crippen LogP contribution < -0.4 is 10.2 Å². The van der Waals surface area contributed by atoms with E-state index in [1.807, 2.05) is 42.5 Å². The van der Waals surface area contributed by atoms with E-state index in [-0.39, 0.29) is 16.6 Å². The lowest BCUT2D eigenvalue weighted by Gasteiger charge is -2.28. The molecule has 3 amide bonds. The lowest BCUT2D eigenvalue weighted by molar-refractivity contribution is -0.123. The van der Waals surface area contributed by atoms with Gasteiger partial charge in [0.05, 0.1) is 17.1 Å². The van der Waals surface area contributed by atoms with Gasteiger partial charge in [0, 0.05) is 5.02 Å². The van der Waals surface area contributed by atoms with Crippen LogP contribution in [0.25, 0.3) is 12.2 Å². The molecule has 0 spiro atoms. The Kier molecular flexibility index (Phi) is 7.53. The van der Waals surface area contributed by atoms with Crippen molar-refractivity contribution in [3.05, 3.63) is 111 Å². The lowest BCUT2D eigenvalue weighted by Crippen LogP contribution is -2.54. The van der Waals surface area contributed by atoms with Gasteiger partial charge in [-0.15, -0.1) is 0 Å². The fourth-order valence-electron chi connectivity index (χ4n) is 3.89. The Hall–Kier alpha value is -3.63. The third-order valence-electron chi connectivity index (χ3n) is 5.79. The number of hydrogen-bond donors (Lipinski definition) is 1. The van der Waals surface area contributed by atoms with Crippen LogP contribution in [0.3, 0.4) is 0 Å². The Labute approximate surface area is 239 Å². The van der Waals surface area contributed by atoms with Crippen LogP contribution in [0, 0.1) is 0 Å². The van der Waals surface area contributed by atoms with Crippen molar-refractivity contribution in [3.63, 3.8) is 0 Å². The molecule has 0 saturated carbocycles. The number of benzene rings is 3. The molecule has 10 heteroatoms. The third kappa shape index (κ3) is 5.46. The number of anilines is 1. The van der Waals surface area contributed by atoms with E-state index in [9.17, 15) is 14.4 Å². The van der Waals surface area contributed by atoms with E-state index < -0.39 is 11.8 Å². The molecule has 2 aliphatic rings. The highest BCUT2D eigenvalue weighted by molar-refractivity contribution is 8.26. The molecule has 0 bridgehead atoms. The normalized spacial score (nSPS) is 18.1. The van der Waals surface area contributed by atoms with E-state index in [1.54, 1.807) is 47.4 Å². The van der Waals surface area contributed by atoms with Crippen LogP contribution in [0.1, 0.15) is 16.7 Å². The Balaban J connectivity index is 1.34. The molecule has 0 aliphatic carbocycles. The Morgan fingerprint density at radius 3 is 2.11 bits per heavy atom. The Morgan fingerprint density at radius 2 is 1.45 bits per heavy atom. The molecule has 3 aromatic rings. The number of amides is 3. The first-order chi connectivity index (χ1) is 18.3. The summed E-state index contributed by atoms with van der Waals surface area (Å²) in [5.41, 5.74) is 2.87. The van der Waals surface area contributed by atoms with E-state index >= 15 is 0 Å². The summed E-state index contributed by atoms with van der Waals surface area (Å²) < 4.78 is 0.511. The molecular formula is C28H18ClN3O3S3. The van der Waals surface area contributed by atoms with Crippen molar-refractivity contribution in [2.24, 2.45) is 0 Å². The zero-order valence-corrected chi connectivity index (χ0v) is 22.8. The quantitative estimate of drug-likeness (QED) is 0.244. The Bertz CT molecular complexity index is 1540. The average Bonchev–Trinajstić information content (AvgIpc) is 3.16. The third-order valence-corrected chi connectivity index (χ3v) is 7.70. The van der Waals surface area contributed by atoms with Crippen LogP contribution in [-0.4, -0.2) is 32.1 Å². The summed E-state index contributed by atoms with van der Waals surface area (Å²) in [6.07, 6.45) is 3.28. The van der Waals surface area contributed by atoms with Gasteiger partial charge in [-0.25, -0.2) is 0 Å². The largest absolute Gasteiger partial charge is 0.298 e. The standard InChI is InChI=1S/C28H18ClN3O3S3/c29-20-10-12-21(13-11-20)32-25(34)22(24(33)30-27(32)36)14-17-6-8-18(9-7-17)15-23-26(35)31(28(37)38-23)16-19-4-2-1-3-5-19/h1-15H,16H2,(H,30,33,36). The SMILES string of the molecule is O=C1NC(=S)N(c2ccc(Cl)cc2)C(=O)C1=Cc1ccc(C=C2SC(=S)N(Cc3ccccc3)C2=O)cc1. The predicted molar refractivity (Wildman–Crippen MR) is 159 cm³/mol. The second-order valence-electron chi connectivity index (χ2n) is 8.35. The van der Waals surface area contributed by atoms with Gasteiger partial charge in [0.25, 0.3) is 17.7 Å². The molecule has 0 unspecified atom stereocenters. The van der Waals surface area contributed by atoms with Crippen molar-refractivity contribution in [1.29, 1.82) is 0 Å². The number of rotatable bonds is 5. The Morgan fingerprint density at radius 1 is 0.816 bits per heavy atom. The molecule has 38 heavy (non-hydrogen) atoms. The average molecular weight is 576 g/mol. The second kappa shape index (κ2) is 11.0. The monoisotopic (exact) mass is 575 g/mol. The van der Waals surface area contributed by atoms with E-state index in [2.05, 4.69) is 5.32 Å². The molecular weight excluding hydrogens is 558 g/mol. The van der Waals surface area contributed by atoms with Crippen molar-refractivity contribution in [2.75, 3.05) is 4.90 Å². The zero-order valence-electron chi connectivity index (χ0n) is 19.6. The first-order valence-corrected chi connectivity index (χ1v) is 13.4. The summed E-state index contributed by atoms with van der Waals surface area (Å²) in [6.45, 7) is 0.419. The predicted octanol–water partition coefficient (Wildman–Crippen LogP) is 5.57. The first kappa shape index (κ1) is 26.0. The molecule has 2 aliphatic heterocycles. The minimum Gasteiger partial charge on any atom is -0.298 e. The summed E-state index contributed by atoms with van der Waals surface area (Å²) in [4.78, 5) is 42.1. The highest BCUT2D eigenvalue weighted by Gasteiger charge is 2.34. The number of hydrogen-bond acceptors (Lipinski definition) is 6. The zero-order chi connectivity index (χ0) is 26.8. The number of nitrogens with one attached hydrogen (secondary N) is 1. The maximum Gasteiger partial charge on any atom is 0.270 e. The topological polar surface area (TPSA) is 69.7 Å². The van der Waals surface area contributed by atoms with E-state index in [0.29, 0.717) is 32.0 Å². The molecule has 1 N–H and O–H groups in total. The van der Waals surface area contributed by atoms with Crippen molar-refractivity contribution in [2.45, 2.75) is 6.54 Å². The van der Waals surface area contributed by atoms with E-state index in [1.165, 1.54) is 22.7 Å². The lowest BCUT2D eigenvalue weighted by atomic mass is 10.1. The molecule has 0 aromatic heterocycles. The highest BCUT2D eigenvalue weighted by atomic mass is 35.5. The smallest absolute Gasteiger partial charge is 0.270 e. The van der Waals surface area contributed by atoms with Crippen molar-refractivity contribution in [1.82, 2.24) is 10.2 Å².